The number of rotatable bonds is 8. The van der Waals surface area contributed by atoms with Crippen LogP contribution in [0.15, 0.2) is 23.2 Å². The minimum absolute atomic E-state index is 0.281. The summed E-state index contributed by atoms with van der Waals surface area (Å²) in [6, 6.07) is 6.05. The molecular weight excluding hydrogens is 410 g/mol. The summed E-state index contributed by atoms with van der Waals surface area (Å²) in [5, 5.41) is 11.9. The Bertz CT molecular complexity index is 924. The molecule has 10 heteroatoms. The van der Waals surface area contributed by atoms with Crippen LogP contribution in [-0.4, -0.2) is 83.8 Å². The van der Waals surface area contributed by atoms with Crippen LogP contribution in [0.5, 0.6) is 11.5 Å². The van der Waals surface area contributed by atoms with Gasteiger partial charge in [0, 0.05) is 40.3 Å². The predicted octanol–water partition coefficient (Wildman–Crippen LogP) is 1.15. The largest absolute Gasteiger partial charge is 0.454 e. The van der Waals surface area contributed by atoms with Gasteiger partial charge in [-0.3, -0.25) is 4.90 Å². The molecule has 0 unspecified atom stereocenters. The van der Waals surface area contributed by atoms with E-state index in [1.54, 1.807) is 0 Å². The van der Waals surface area contributed by atoms with E-state index in [9.17, 15) is 0 Å². The first-order valence-corrected chi connectivity index (χ1v) is 11.1. The van der Waals surface area contributed by atoms with Crippen LogP contribution < -0.4 is 14.8 Å². The SMILES string of the molecule is Cc1nnc(CN=C(NCCCN2CCOCC2)N(C)Cc2ccc3c(c2)OCO3)n1C. The molecule has 3 heterocycles. The number of ether oxygens (including phenoxy) is 3. The molecule has 1 aromatic heterocycles. The summed E-state index contributed by atoms with van der Waals surface area (Å²) in [6.07, 6.45) is 1.04. The average molecular weight is 444 g/mol. The van der Waals surface area contributed by atoms with Crippen LogP contribution >= 0.6 is 0 Å². The molecule has 0 aliphatic carbocycles. The van der Waals surface area contributed by atoms with Gasteiger partial charge < -0.3 is 29.0 Å². The van der Waals surface area contributed by atoms with Crippen molar-refractivity contribution in [1.82, 2.24) is 29.9 Å². The first kappa shape index (κ1) is 22.3. The summed E-state index contributed by atoms with van der Waals surface area (Å²) >= 11 is 0. The highest BCUT2D eigenvalue weighted by molar-refractivity contribution is 5.79. The molecule has 10 nitrogen and oxygen atoms in total. The fraction of sp³-hybridized carbons (Fsp3) is 0.591. The third kappa shape index (κ3) is 5.68. The lowest BCUT2D eigenvalue weighted by molar-refractivity contribution is 0.0375. The number of aliphatic imine (C=N–C) groups is 1. The van der Waals surface area contributed by atoms with Gasteiger partial charge in [-0.25, -0.2) is 4.99 Å². The molecule has 0 spiro atoms. The van der Waals surface area contributed by atoms with Gasteiger partial charge in [0.1, 0.15) is 12.4 Å². The number of benzene rings is 1. The smallest absolute Gasteiger partial charge is 0.231 e. The first-order valence-electron chi connectivity index (χ1n) is 11.1. The van der Waals surface area contributed by atoms with Gasteiger partial charge in [-0.1, -0.05) is 6.07 Å². The lowest BCUT2D eigenvalue weighted by Gasteiger charge is -2.27. The van der Waals surface area contributed by atoms with Gasteiger partial charge in [0.15, 0.2) is 23.3 Å². The summed E-state index contributed by atoms with van der Waals surface area (Å²) < 4.78 is 18.3. The third-order valence-electron chi connectivity index (χ3n) is 5.81. The molecule has 2 aromatic rings. The van der Waals surface area contributed by atoms with Crippen LogP contribution in [-0.2, 0) is 24.9 Å². The summed E-state index contributed by atoms with van der Waals surface area (Å²) in [6.45, 7) is 8.97. The quantitative estimate of drug-likeness (QED) is 0.369. The summed E-state index contributed by atoms with van der Waals surface area (Å²) in [7, 11) is 4.01. The van der Waals surface area contributed by atoms with E-state index >= 15 is 0 Å². The number of morpholine rings is 1. The van der Waals surface area contributed by atoms with Gasteiger partial charge in [0.2, 0.25) is 6.79 Å². The maximum atomic E-state index is 5.52. The monoisotopic (exact) mass is 443 g/mol. The van der Waals surface area contributed by atoms with Crippen molar-refractivity contribution in [3.05, 3.63) is 35.4 Å². The van der Waals surface area contributed by atoms with Crippen molar-refractivity contribution in [2.75, 3.05) is 53.2 Å². The van der Waals surface area contributed by atoms with E-state index in [1.807, 2.05) is 37.7 Å². The lowest BCUT2D eigenvalue weighted by Crippen LogP contribution is -2.41. The molecule has 0 radical (unpaired) electrons. The van der Waals surface area contributed by atoms with E-state index in [2.05, 4.69) is 31.4 Å². The molecular formula is C22H33N7O3. The highest BCUT2D eigenvalue weighted by Gasteiger charge is 2.16. The molecule has 1 saturated heterocycles. The fourth-order valence-corrected chi connectivity index (χ4v) is 3.76. The molecule has 0 atom stereocenters. The van der Waals surface area contributed by atoms with Gasteiger partial charge in [0.05, 0.1) is 13.2 Å². The van der Waals surface area contributed by atoms with Gasteiger partial charge in [0.25, 0.3) is 0 Å². The number of nitrogens with one attached hydrogen (secondary N) is 1. The third-order valence-corrected chi connectivity index (χ3v) is 5.81. The predicted molar refractivity (Wildman–Crippen MR) is 121 cm³/mol. The second-order valence-electron chi connectivity index (χ2n) is 8.14. The zero-order valence-electron chi connectivity index (χ0n) is 19.2. The van der Waals surface area contributed by atoms with Crippen LogP contribution in [0.1, 0.15) is 23.6 Å². The standard InChI is InChI=1S/C22H33N7O3/c1-17-25-26-21(28(17)3)14-24-22(23-7-4-8-29-9-11-30-12-10-29)27(2)15-18-5-6-19-20(13-18)32-16-31-19/h5-6,13H,4,7-12,14-16H2,1-3H3,(H,23,24). The van der Waals surface area contributed by atoms with Crippen LogP contribution in [0.3, 0.4) is 0 Å². The van der Waals surface area contributed by atoms with E-state index in [1.165, 1.54) is 0 Å². The number of guanidine groups is 1. The zero-order valence-corrected chi connectivity index (χ0v) is 19.2. The highest BCUT2D eigenvalue weighted by Crippen LogP contribution is 2.32. The Hall–Kier alpha value is -2.85. The maximum Gasteiger partial charge on any atom is 0.231 e. The van der Waals surface area contributed by atoms with Crippen molar-refractivity contribution in [3.8, 4) is 11.5 Å². The summed E-state index contributed by atoms with van der Waals surface area (Å²) in [5.74, 6) is 4.15. The Morgan fingerprint density at radius 2 is 2.00 bits per heavy atom. The molecule has 1 N–H and O–H groups in total. The Labute approximate surface area is 189 Å². The number of aryl methyl sites for hydroxylation is 1. The van der Waals surface area contributed by atoms with Crippen molar-refractivity contribution in [2.24, 2.45) is 12.0 Å². The molecule has 1 fully saturated rings. The lowest BCUT2D eigenvalue weighted by atomic mass is 10.2. The van der Waals surface area contributed by atoms with Crippen molar-refractivity contribution < 1.29 is 14.2 Å². The minimum atomic E-state index is 0.281. The van der Waals surface area contributed by atoms with E-state index in [-0.39, 0.29) is 6.79 Å². The number of nitrogens with zero attached hydrogens (tertiary/aromatic N) is 6. The molecule has 1 aromatic carbocycles. The van der Waals surface area contributed by atoms with Crippen LogP contribution in [0.25, 0.3) is 0 Å². The molecule has 0 bridgehead atoms. The van der Waals surface area contributed by atoms with Gasteiger partial charge >= 0.3 is 0 Å². The number of fused-ring (bicyclic) bond motifs is 1. The van der Waals surface area contributed by atoms with Gasteiger partial charge in [-0.15, -0.1) is 10.2 Å². The molecule has 174 valence electrons. The summed E-state index contributed by atoms with van der Waals surface area (Å²) in [5.41, 5.74) is 1.13. The molecule has 2 aliphatic rings. The van der Waals surface area contributed by atoms with E-state index < -0.39 is 0 Å². The highest BCUT2D eigenvalue weighted by atomic mass is 16.7. The van der Waals surface area contributed by atoms with Crippen LogP contribution in [0.4, 0.5) is 0 Å². The van der Waals surface area contributed by atoms with E-state index in [0.29, 0.717) is 13.1 Å². The Morgan fingerprint density at radius 1 is 1.19 bits per heavy atom. The van der Waals surface area contributed by atoms with Gasteiger partial charge in [-0.05, 0) is 37.6 Å². The number of aromatic nitrogens is 3. The number of hydrogen-bond donors (Lipinski definition) is 1. The second-order valence-corrected chi connectivity index (χ2v) is 8.14. The first-order chi connectivity index (χ1) is 15.6. The molecule has 0 saturated carbocycles. The molecule has 4 rings (SSSR count). The van der Waals surface area contributed by atoms with Crippen molar-refractivity contribution >= 4 is 5.96 Å². The second kappa shape index (κ2) is 10.6. The van der Waals surface area contributed by atoms with Crippen molar-refractivity contribution in [2.45, 2.75) is 26.4 Å². The molecule has 0 amide bonds. The van der Waals surface area contributed by atoms with E-state index in [4.69, 9.17) is 19.2 Å². The van der Waals surface area contributed by atoms with Crippen LogP contribution in [0.2, 0.25) is 0 Å². The summed E-state index contributed by atoms with van der Waals surface area (Å²) in [4.78, 5) is 9.41. The Kier molecular flexibility index (Phi) is 7.43. The van der Waals surface area contributed by atoms with Crippen LogP contribution in [0, 0.1) is 6.92 Å². The normalized spacial score (nSPS) is 16.4. The Balaban J connectivity index is 1.38. The maximum absolute atomic E-state index is 5.52. The molecule has 32 heavy (non-hydrogen) atoms. The average Bonchev–Trinajstić information content (AvgIpc) is 3.40. The zero-order chi connectivity index (χ0) is 22.3. The fourth-order valence-electron chi connectivity index (χ4n) is 3.76. The minimum Gasteiger partial charge on any atom is -0.454 e. The van der Waals surface area contributed by atoms with Crippen molar-refractivity contribution in [3.63, 3.8) is 0 Å². The van der Waals surface area contributed by atoms with E-state index in [0.717, 1.165) is 80.5 Å². The Morgan fingerprint density at radius 3 is 2.78 bits per heavy atom. The molecule has 2 aliphatic heterocycles. The van der Waals surface area contributed by atoms with Gasteiger partial charge in [-0.2, -0.15) is 0 Å². The topological polar surface area (TPSA) is 89.3 Å². The number of hydrogen-bond acceptors (Lipinski definition) is 7. The van der Waals surface area contributed by atoms with Crippen molar-refractivity contribution in [1.29, 1.82) is 0 Å².